The maximum Gasteiger partial charge on any atom is 0.238 e. The summed E-state index contributed by atoms with van der Waals surface area (Å²) in [5, 5.41) is 1.83. The third-order valence-electron chi connectivity index (χ3n) is 6.78. The molecule has 2 bridgehead atoms. The van der Waals surface area contributed by atoms with E-state index in [2.05, 4.69) is 15.0 Å². The molecule has 2 fully saturated rings. The van der Waals surface area contributed by atoms with Crippen LogP contribution in [0.25, 0.3) is 22.2 Å². The Kier molecular flexibility index (Phi) is 5.61. The Morgan fingerprint density at radius 3 is 2.53 bits per heavy atom. The molecule has 6 nitrogen and oxygen atoms in total. The Hall–Kier alpha value is -2.90. The number of pyridine rings is 2. The van der Waals surface area contributed by atoms with Gasteiger partial charge < -0.3 is 9.32 Å². The third kappa shape index (κ3) is 4.23. The van der Waals surface area contributed by atoms with Crippen LogP contribution in [0.2, 0.25) is 0 Å². The van der Waals surface area contributed by atoms with Gasteiger partial charge in [0.05, 0.1) is 18.3 Å². The van der Waals surface area contributed by atoms with E-state index in [-0.39, 0.29) is 30.8 Å². The molecule has 2 aliphatic heterocycles. The topological polar surface area (TPSA) is 72.1 Å². The normalized spacial score (nSPS) is 22.8. The average Bonchev–Trinajstić information content (AvgIpc) is 3.32. The largest absolute Gasteiger partial charge is 0.439 e. The molecule has 5 rings (SSSR count). The second-order valence-corrected chi connectivity index (χ2v) is 9.00. The van der Waals surface area contributed by atoms with Crippen LogP contribution in [0.1, 0.15) is 50.1 Å². The molecule has 5 heterocycles. The number of carbonyl (C=O) groups is 1. The summed E-state index contributed by atoms with van der Waals surface area (Å²) in [6, 6.07) is 4.20. The zero-order valence-corrected chi connectivity index (χ0v) is 18.0. The summed E-state index contributed by atoms with van der Waals surface area (Å²) < 4.78 is 30.8. The highest BCUT2D eigenvalue weighted by Gasteiger charge is 2.42. The van der Waals surface area contributed by atoms with Gasteiger partial charge in [0.15, 0.2) is 11.7 Å². The van der Waals surface area contributed by atoms with Crippen molar-refractivity contribution in [1.29, 1.82) is 0 Å². The molecule has 0 N–H and O–H groups in total. The van der Waals surface area contributed by atoms with Crippen molar-refractivity contribution in [3.05, 3.63) is 42.3 Å². The fourth-order valence-electron chi connectivity index (χ4n) is 5.34. The van der Waals surface area contributed by atoms with Crippen LogP contribution in [-0.4, -0.2) is 44.3 Å². The molecule has 0 radical (unpaired) electrons. The molecule has 3 atom stereocenters. The lowest BCUT2D eigenvalue weighted by molar-refractivity contribution is -0.135. The van der Waals surface area contributed by atoms with Crippen LogP contribution in [0.15, 0.2) is 35.1 Å². The number of nitrogens with zero attached hydrogens (tertiary/aromatic N) is 4. The van der Waals surface area contributed by atoms with Gasteiger partial charge in [0.2, 0.25) is 12.3 Å². The monoisotopic (exact) mass is 440 g/mol. The highest BCUT2D eigenvalue weighted by Crippen LogP contribution is 2.41. The summed E-state index contributed by atoms with van der Waals surface area (Å²) in [5.74, 6) is 1.56. The minimum Gasteiger partial charge on any atom is -0.439 e. The molecule has 8 heteroatoms. The molecule has 3 aromatic rings. The summed E-state index contributed by atoms with van der Waals surface area (Å²) >= 11 is 0. The summed E-state index contributed by atoms with van der Waals surface area (Å²) in [6.07, 6.45) is 7.27. The molecule has 32 heavy (non-hydrogen) atoms. The van der Waals surface area contributed by atoms with Crippen molar-refractivity contribution in [1.82, 2.24) is 19.9 Å². The van der Waals surface area contributed by atoms with Gasteiger partial charge in [-0.05, 0) is 55.5 Å². The number of halogens is 2. The predicted molar refractivity (Wildman–Crippen MR) is 115 cm³/mol. The van der Waals surface area contributed by atoms with Crippen molar-refractivity contribution >= 4 is 16.7 Å². The van der Waals surface area contributed by atoms with Crippen LogP contribution in [0, 0.1) is 12.8 Å². The molecule has 1 unspecified atom stereocenters. The Morgan fingerprint density at radius 1 is 1.09 bits per heavy atom. The van der Waals surface area contributed by atoms with Crippen LogP contribution in [0.5, 0.6) is 0 Å². The Balaban J connectivity index is 1.29. The average molecular weight is 440 g/mol. The first-order chi connectivity index (χ1) is 15.5. The van der Waals surface area contributed by atoms with E-state index in [0.717, 1.165) is 36.5 Å². The van der Waals surface area contributed by atoms with E-state index in [0.29, 0.717) is 35.4 Å². The maximum absolute atomic E-state index is 13.2. The van der Waals surface area contributed by atoms with Crippen LogP contribution in [0.4, 0.5) is 8.78 Å². The molecule has 3 aromatic heterocycles. The van der Waals surface area contributed by atoms with Gasteiger partial charge in [-0.3, -0.25) is 14.8 Å². The molecule has 2 aliphatic rings. The molecule has 2 saturated heterocycles. The maximum atomic E-state index is 13.2. The molecular weight excluding hydrogens is 414 g/mol. The van der Waals surface area contributed by atoms with E-state index in [9.17, 15) is 13.6 Å². The molecular formula is C24H26F2N4O2. The van der Waals surface area contributed by atoms with Gasteiger partial charge in [-0.15, -0.1) is 0 Å². The minimum absolute atomic E-state index is 0.0382. The van der Waals surface area contributed by atoms with Gasteiger partial charge in [-0.1, -0.05) is 0 Å². The van der Waals surface area contributed by atoms with Gasteiger partial charge in [-0.25, -0.2) is 13.8 Å². The van der Waals surface area contributed by atoms with Crippen molar-refractivity contribution < 1.29 is 18.0 Å². The van der Waals surface area contributed by atoms with Gasteiger partial charge in [-0.2, -0.15) is 0 Å². The van der Waals surface area contributed by atoms with Crippen molar-refractivity contribution in [2.45, 2.75) is 70.4 Å². The van der Waals surface area contributed by atoms with Crippen LogP contribution in [0.3, 0.4) is 0 Å². The van der Waals surface area contributed by atoms with E-state index in [1.807, 2.05) is 17.0 Å². The zero-order valence-electron chi connectivity index (χ0n) is 18.0. The number of carbonyl (C=O) groups excluding carboxylic acids is 1. The van der Waals surface area contributed by atoms with Crippen LogP contribution in [-0.2, 0) is 11.2 Å². The van der Waals surface area contributed by atoms with Crippen molar-refractivity contribution in [2.75, 3.05) is 0 Å². The smallest absolute Gasteiger partial charge is 0.238 e. The lowest BCUT2D eigenvalue weighted by Gasteiger charge is -2.39. The van der Waals surface area contributed by atoms with E-state index < -0.39 is 6.43 Å². The Morgan fingerprint density at radius 2 is 1.84 bits per heavy atom. The Bertz CT molecular complexity index is 1120. The number of hydrogen-bond acceptors (Lipinski definition) is 5. The summed E-state index contributed by atoms with van der Waals surface area (Å²) in [6.45, 7) is 1.78. The standard InChI is InChI=1S/C24H26F2N4O2/c1-14-27-13-22(32-14)21-9-16-8-18(28-11-17(16)12-29-21)10-24(31)30-19-3-4-20(30)7-15(6-19)2-5-23(25)26/h8-9,11-13,15,19-20,23H,2-7,10H2,1H3/t15?,19-,20+. The van der Waals surface area contributed by atoms with Crippen LogP contribution >= 0.6 is 0 Å². The van der Waals surface area contributed by atoms with E-state index >= 15 is 0 Å². The molecule has 0 aromatic carbocycles. The fourth-order valence-corrected chi connectivity index (χ4v) is 5.34. The lowest BCUT2D eigenvalue weighted by Crippen LogP contribution is -2.47. The zero-order chi connectivity index (χ0) is 22.2. The molecule has 0 aliphatic carbocycles. The number of piperidine rings is 1. The molecule has 0 saturated carbocycles. The minimum atomic E-state index is -2.24. The lowest BCUT2D eigenvalue weighted by atomic mass is 9.87. The second kappa shape index (κ2) is 8.56. The van der Waals surface area contributed by atoms with Crippen molar-refractivity contribution in [3.63, 3.8) is 0 Å². The van der Waals surface area contributed by atoms with Gasteiger partial charge in [0, 0.05) is 43.2 Å². The number of rotatable bonds is 6. The summed E-state index contributed by atoms with van der Waals surface area (Å²) in [5.41, 5.74) is 1.40. The number of amides is 1. The van der Waals surface area contributed by atoms with Crippen LogP contribution < -0.4 is 0 Å². The number of aryl methyl sites for hydroxylation is 1. The number of fused-ring (bicyclic) bond motifs is 3. The van der Waals surface area contributed by atoms with E-state index in [1.165, 1.54) is 0 Å². The third-order valence-corrected chi connectivity index (χ3v) is 6.78. The first-order valence-corrected chi connectivity index (χ1v) is 11.2. The molecule has 1 amide bonds. The fraction of sp³-hybridized carbons (Fsp3) is 0.500. The Labute approximate surface area is 185 Å². The number of alkyl halides is 2. The highest BCUT2D eigenvalue weighted by atomic mass is 19.3. The van der Waals surface area contributed by atoms with E-state index in [1.54, 1.807) is 25.5 Å². The molecule has 168 valence electrons. The number of aromatic nitrogens is 3. The van der Waals surface area contributed by atoms with Crippen molar-refractivity contribution in [3.8, 4) is 11.5 Å². The molecule has 0 spiro atoms. The second-order valence-electron chi connectivity index (χ2n) is 9.00. The van der Waals surface area contributed by atoms with Gasteiger partial charge >= 0.3 is 0 Å². The first-order valence-electron chi connectivity index (χ1n) is 11.2. The predicted octanol–water partition coefficient (Wildman–Crippen LogP) is 4.95. The number of hydrogen-bond donors (Lipinski definition) is 0. The van der Waals surface area contributed by atoms with Gasteiger partial charge in [0.25, 0.3) is 0 Å². The van der Waals surface area contributed by atoms with E-state index in [4.69, 9.17) is 4.42 Å². The quantitative estimate of drug-likeness (QED) is 0.542. The van der Waals surface area contributed by atoms with Gasteiger partial charge in [0.1, 0.15) is 5.69 Å². The summed E-state index contributed by atoms with van der Waals surface area (Å²) in [4.78, 5) is 28.2. The summed E-state index contributed by atoms with van der Waals surface area (Å²) in [7, 11) is 0. The highest BCUT2D eigenvalue weighted by molar-refractivity contribution is 5.86. The SMILES string of the molecule is Cc1ncc(-c2cc3cc(CC(=O)N4[C@@H]5CC[C@H]4CC(CCC(F)F)C5)ncc3cn2)o1. The van der Waals surface area contributed by atoms with Crippen molar-refractivity contribution in [2.24, 2.45) is 5.92 Å². The number of oxazole rings is 1. The first kappa shape index (κ1) is 21.0.